The van der Waals surface area contributed by atoms with Gasteiger partial charge < -0.3 is 14.2 Å². The first kappa shape index (κ1) is 21.0. The van der Waals surface area contributed by atoms with Crippen LogP contribution in [0.3, 0.4) is 0 Å². The van der Waals surface area contributed by atoms with Crippen LogP contribution >= 0.6 is 11.3 Å². The van der Waals surface area contributed by atoms with E-state index in [9.17, 15) is 13.2 Å². The summed E-state index contributed by atoms with van der Waals surface area (Å²) < 4.78 is 29.4. The zero-order valence-corrected chi connectivity index (χ0v) is 18.2. The van der Waals surface area contributed by atoms with Crippen molar-refractivity contribution in [1.82, 2.24) is 14.8 Å². The van der Waals surface area contributed by atoms with Crippen LogP contribution in [0, 0.1) is 6.92 Å². The molecule has 9 heteroatoms. The average molecular weight is 426 g/mol. The summed E-state index contributed by atoms with van der Waals surface area (Å²) in [6.45, 7) is 9.01. The molecular formula is C19H27N3O4S2. The molecule has 0 aromatic carbocycles. The number of likely N-dealkylation sites (N-methyl/N-ethyl adjacent to an activating group) is 1. The number of carbonyl (C=O) groups excluding carboxylic acids is 1. The van der Waals surface area contributed by atoms with Crippen molar-refractivity contribution in [2.75, 3.05) is 37.7 Å². The van der Waals surface area contributed by atoms with E-state index in [1.165, 1.54) is 11.3 Å². The molecule has 0 bridgehead atoms. The standard InChI is InChI=1S/C19H27N3O4S2/c1-4-21(5-2)9-10-22(15-8-12-28(24,25)13-15)19(23)17-14(3)27-18(20-17)16-7-6-11-26-16/h6-7,11,15H,4-5,8-10,12-13H2,1-3H3. The van der Waals surface area contributed by atoms with Crippen LogP contribution in [0.2, 0.25) is 0 Å². The fraction of sp³-hybridized carbons (Fsp3) is 0.579. The van der Waals surface area contributed by atoms with Crippen molar-refractivity contribution >= 4 is 27.1 Å². The molecule has 1 amide bonds. The van der Waals surface area contributed by atoms with Crippen LogP contribution in [0.25, 0.3) is 10.8 Å². The van der Waals surface area contributed by atoms with Crippen molar-refractivity contribution in [2.45, 2.75) is 33.2 Å². The van der Waals surface area contributed by atoms with Crippen LogP contribution in [0.5, 0.6) is 0 Å². The number of hydrogen-bond acceptors (Lipinski definition) is 7. The molecule has 0 radical (unpaired) electrons. The molecule has 1 aliphatic rings. The third-order valence-corrected chi connectivity index (χ3v) is 7.93. The Morgan fingerprint density at radius 3 is 2.64 bits per heavy atom. The lowest BCUT2D eigenvalue weighted by atomic mass is 10.2. The summed E-state index contributed by atoms with van der Waals surface area (Å²) in [5.41, 5.74) is 0.389. The van der Waals surface area contributed by atoms with Crippen molar-refractivity contribution in [3.63, 3.8) is 0 Å². The molecule has 0 aliphatic carbocycles. The Hall–Kier alpha value is -1.71. The lowest BCUT2D eigenvalue weighted by Crippen LogP contribution is -2.45. The minimum atomic E-state index is -3.09. The van der Waals surface area contributed by atoms with E-state index in [-0.39, 0.29) is 23.5 Å². The maximum absolute atomic E-state index is 13.4. The Labute approximate surface area is 170 Å². The Bertz CT molecular complexity index is 902. The fourth-order valence-electron chi connectivity index (χ4n) is 3.50. The van der Waals surface area contributed by atoms with Gasteiger partial charge in [0.25, 0.3) is 5.91 Å². The second-order valence-corrected chi connectivity index (χ2v) is 10.4. The zero-order chi connectivity index (χ0) is 20.3. The topological polar surface area (TPSA) is 83.7 Å². The molecule has 1 unspecified atom stereocenters. The van der Waals surface area contributed by atoms with Crippen LogP contribution in [0.1, 0.15) is 35.6 Å². The molecular weight excluding hydrogens is 398 g/mol. The molecule has 1 atom stereocenters. The van der Waals surface area contributed by atoms with E-state index >= 15 is 0 Å². The summed E-state index contributed by atoms with van der Waals surface area (Å²) in [6.07, 6.45) is 2.06. The Morgan fingerprint density at radius 1 is 1.32 bits per heavy atom. The minimum absolute atomic E-state index is 0.0330. The lowest BCUT2D eigenvalue weighted by molar-refractivity contribution is 0.0668. The molecule has 1 saturated heterocycles. The van der Waals surface area contributed by atoms with Gasteiger partial charge in [0.1, 0.15) is 5.69 Å². The SMILES string of the molecule is CCN(CC)CCN(C(=O)c1nc(-c2ccco2)sc1C)C1CCS(=O)(=O)C1. The highest BCUT2D eigenvalue weighted by molar-refractivity contribution is 7.91. The van der Waals surface area contributed by atoms with Crippen molar-refractivity contribution < 1.29 is 17.6 Å². The largest absolute Gasteiger partial charge is 0.462 e. The highest BCUT2D eigenvalue weighted by atomic mass is 32.2. The molecule has 1 aliphatic heterocycles. The van der Waals surface area contributed by atoms with Crippen LogP contribution in [-0.4, -0.2) is 72.8 Å². The molecule has 3 rings (SSSR count). The van der Waals surface area contributed by atoms with Gasteiger partial charge in [-0.1, -0.05) is 13.8 Å². The molecule has 28 heavy (non-hydrogen) atoms. The van der Waals surface area contributed by atoms with Gasteiger partial charge in [-0.25, -0.2) is 13.4 Å². The number of aryl methyl sites for hydroxylation is 1. The van der Waals surface area contributed by atoms with Crippen LogP contribution < -0.4 is 0 Å². The lowest BCUT2D eigenvalue weighted by Gasteiger charge is -2.30. The molecule has 3 heterocycles. The van der Waals surface area contributed by atoms with E-state index < -0.39 is 9.84 Å². The molecule has 1 fully saturated rings. The maximum atomic E-state index is 13.4. The summed E-state index contributed by atoms with van der Waals surface area (Å²) in [4.78, 5) is 22.6. The third kappa shape index (κ3) is 4.64. The van der Waals surface area contributed by atoms with Crippen LogP contribution in [-0.2, 0) is 9.84 Å². The van der Waals surface area contributed by atoms with Crippen molar-refractivity contribution in [2.24, 2.45) is 0 Å². The highest BCUT2D eigenvalue weighted by Crippen LogP contribution is 2.29. The smallest absolute Gasteiger partial charge is 0.273 e. The molecule has 0 saturated carbocycles. The van der Waals surface area contributed by atoms with Gasteiger partial charge in [-0.05, 0) is 38.6 Å². The molecule has 0 N–H and O–H groups in total. The third-order valence-electron chi connectivity index (χ3n) is 5.19. The van der Waals surface area contributed by atoms with Gasteiger partial charge in [-0.3, -0.25) is 4.79 Å². The first-order valence-corrected chi connectivity index (χ1v) is 12.2. The minimum Gasteiger partial charge on any atom is -0.462 e. The van der Waals surface area contributed by atoms with E-state index in [1.54, 1.807) is 17.2 Å². The normalized spacial score (nSPS) is 18.6. The number of amides is 1. The Kier molecular flexibility index (Phi) is 6.57. The second kappa shape index (κ2) is 8.75. The fourth-order valence-corrected chi connectivity index (χ4v) is 6.10. The maximum Gasteiger partial charge on any atom is 0.273 e. The van der Waals surface area contributed by atoms with Gasteiger partial charge in [0.05, 0.1) is 17.8 Å². The predicted molar refractivity (Wildman–Crippen MR) is 110 cm³/mol. The summed E-state index contributed by atoms with van der Waals surface area (Å²) in [7, 11) is -3.09. The predicted octanol–water partition coefficient (Wildman–Crippen LogP) is 2.68. The summed E-state index contributed by atoms with van der Waals surface area (Å²) in [5.74, 6) is 0.608. The quantitative estimate of drug-likeness (QED) is 0.647. The highest BCUT2D eigenvalue weighted by Gasteiger charge is 2.36. The number of furan rings is 1. The summed E-state index contributed by atoms with van der Waals surface area (Å²) in [6, 6.07) is 3.31. The van der Waals surface area contributed by atoms with Crippen molar-refractivity contribution in [3.8, 4) is 10.8 Å². The van der Waals surface area contributed by atoms with E-state index in [4.69, 9.17) is 4.42 Å². The Balaban J connectivity index is 1.85. The van der Waals surface area contributed by atoms with Crippen LogP contribution in [0.15, 0.2) is 22.8 Å². The molecule has 154 valence electrons. The number of aromatic nitrogens is 1. The first-order chi connectivity index (χ1) is 13.3. The van der Waals surface area contributed by atoms with Gasteiger partial charge in [-0.2, -0.15) is 0 Å². The molecule has 2 aromatic heterocycles. The number of rotatable bonds is 8. The van der Waals surface area contributed by atoms with Gasteiger partial charge in [-0.15, -0.1) is 11.3 Å². The molecule has 7 nitrogen and oxygen atoms in total. The van der Waals surface area contributed by atoms with E-state index in [0.29, 0.717) is 36.0 Å². The zero-order valence-electron chi connectivity index (χ0n) is 16.6. The number of hydrogen-bond donors (Lipinski definition) is 0. The van der Waals surface area contributed by atoms with E-state index in [1.807, 2.05) is 13.0 Å². The van der Waals surface area contributed by atoms with Crippen molar-refractivity contribution in [3.05, 3.63) is 29.0 Å². The monoisotopic (exact) mass is 425 g/mol. The average Bonchev–Trinajstić information content (AvgIpc) is 3.38. The number of sulfone groups is 1. The van der Waals surface area contributed by atoms with Crippen LogP contribution in [0.4, 0.5) is 0 Å². The second-order valence-electron chi connectivity index (χ2n) is 6.98. The van der Waals surface area contributed by atoms with Gasteiger partial charge >= 0.3 is 0 Å². The molecule has 2 aromatic rings. The summed E-state index contributed by atoms with van der Waals surface area (Å²) in [5, 5.41) is 0.661. The Morgan fingerprint density at radius 2 is 2.07 bits per heavy atom. The summed E-state index contributed by atoms with van der Waals surface area (Å²) >= 11 is 1.41. The number of carbonyl (C=O) groups is 1. The van der Waals surface area contributed by atoms with E-state index in [0.717, 1.165) is 18.0 Å². The number of nitrogens with zero attached hydrogens (tertiary/aromatic N) is 3. The van der Waals surface area contributed by atoms with Gasteiger partial charge in [0.15, 0.2) is 20.6 Å². The molecule has 0 spiro atoms. The first-order valence-electron chi connectivity index (χ1n) is 9.59. The van der Waals surface area contributed by atoms with Crippen molar-refractivity contribution in [1.29, 1.82) is 0 Å². The number of thiazole rings is 1. The van der Waals surface area contributed by atoms with E-state index in [2.05, 4.69) is 23.7 Å². The van der Waals surface area contributed by atoms with Gasteiger partial charge in [0.2, 0.25) is 0 Å². The van der Waals surface area contributed by atoms with Gasteiger partial charge in [0, 0.05) is 24.0 Å².